The van der Waals surface area contributed by atoms with Gasteiger partial charge in [0.15, 0.2) is 5.49 Å². The number of anilines is 2. The molecule has 6 aromatic heterocycles. The lowest BCUT2D eigenvalue weighted by molar-refractivity contribution is 0.574. The first-order valence-corrected chi connectivity index (χ1v) is 9.65. The molecule has 0 radical (unpaired) electrons. The maximum atomic E-state index is 5.43. The van der Waals surface area contributed by atoms with Gasteiger partial charge in [0.25, 0.3) is 0 Å². The van der Waals surface area contributed by atoms with Crippen LogP contribution in [0.5, 0.6) is 0 Å². The fourth-order valence-electron chi connectivity index (χ4n) is 3.43. The molecule has 0 saturated carbocycles. The molecule has 0 aliphatic heterocycles. The van der Waals surface area contributed by atoms with Crippen LogP contribution in [0.15, 0.2) is 82.0 Å². The molecule has 0 spiro atoms. The van der Waals surface area contributed by atoms with E-state index in [0.717, 1.165) is 21.9 Å². The van der Waals surface area contributed by atoms with Crippen molar-refractivity contribution in [2.24, 2.45) is 4.99 Å². The number of nitrogens with zero attached hydrogens (tertiary/aromatic N) is 5. The van der Waals surface area contributed by atoms with Crippen LogP contribution in [0.25, 0.3) is 33.7 Å². The summed E-state index contributed by atoms with van der Waals surface area (Å²) in [4.78, 5) is 31.4. The zero-order valence-electron chi connectivity index (χ0n) is 16.4. The Labute approximate surface area is 179 Å². The van der Waals surface area contributed by atoms with Crippen LogP contribution >= 0.6 is 0 Å². The fourth-order valence-corrected chi connectivity index (χ4v) is 3.43. The molecular formula is C21H15N9O2. The van der Waals surface area contributed by atoms with Gasteiger partial charge in [0.1, 0.15) is 36.3 Å². The van der Waals surface area contributed by atoms with Gasteiger partial charge in [-0.3, -0.25) is 0 Å². The van der Waals surface area contributed by atoms with E-state index in [2.05, 4.69) is 40.2 Å². The molecule has 11 heteroatoms. The van der Waals surface area contributed by atoms with Crippen molar-refractivity contribution in [3.05, 3.63) is 73.7 Å². The minimum atomic E-state index is 0.474. The number of H-pyrrole nitrogens is 3. The van der Waals surface area contributed by atoms with Crippen molar-refractivity contribution in [2.75, 3.05) is 5.32 Å². The molecule has 6 aromatic rings. The molecule has 156 valence electrons. The molecule has 0 amide bonds. The van der Waals surface area contributed by atoms with Crippen molar-refractivity contribution in [1.82, 2.24) is 34.9 Å². The Morgan fingerprint density at radius 2 is 1.56 bits per heavy atom. The SMILES string of the molecule is c1coc(-c2cc[nH]c2/N=c2\ncnc(Nc3[nH]ccc3-c3ncco3)c3c[nH]cc23)n1. The topological polar surface area (TPSA) is 150 Å². The van der Waals surface area contributed by atoms with Gasteiger partial charge in [-0.05, 0) is 12.1 Å². The van der Waals surface area contributed by atoms with Crippen molar-refractivity contribution >= 4 is 28.2 Å². The Morgan fingerprint density at radius 3 is 2.38 bits per heavy atom. The molecule has 0 aliphatic rings. The van der Waals surface area contributed by atoms with E-state index in [1.165, 1.54) is 18.9 Å². The third-order valence-corrected chi connectivity index (χ3v) is 4.87. The summed E-state index contributed by atoms with van der Waals surface area (Å²) < 4.78 is 10.8. The number of hydrogen-bond donors (Lipinski definition) is 4. The zero-order valence-corrected chi connectivity index (χ0v) is 16.4. The number of aromatic nitrogens is 7. The summed E-state index contributed by atoms with van der Waals surface area (Å²) in [5.74, 6) is 2.84. The first-order valence-electron chi connectivity index (χ1n) is 9.65. The maximum absolute atomic E-state index is 5.43. The summed E-state index contributed by atoms with van der Waals surface area (Å²) in [5, 5.41) is 4.89. The number of rotatable bonds is 5. The Morgan fingerprint density at radius 1 is 0.812 bits per heavy atom. The summed E-state index contributed by atoms with van der Waals surface area (Å²) in [6, 6.07) is 3.72. The highest BCUT2D eigenvalue weighted by Gasteiger charge is 2.14. The lowest BCUT2D eigenvalue weighted by atomic mass is 10.3. The number of aromatic amines is 3. The molecule has 6 rings (SSSR count). The van der Waals surface area contributed by atoms with Crippen LogP contribution in [0.3, 0.4) is 0 Å². The highest BCUT2D eigenvalue weighted by molar-refractivity contribution is 5.92. The van der Waals surface area contributed by atoms with E-state index < -0.39 is 0 Å². The molecule has 0 aromatic carbocycles. The van der Waals surface area contributed by atoms with Crippen LogP contribution in [-0.2, 0) is 0 Å². The average Bonchev–Trinajstić information content (AvgIpc) is 3.61. The zero-order chi connectivity index (χ0) is 21.3. The molecule has 11 nitrogen and oxygen atoms in total. The molecule has 0 saturated heterocycles. The molecule has 0 aliphatic carbocycles. The van der Waals surface area contributed by atoms with Crippen LogP contribution < -0.4 is 10.8 Å². The van der Waals surface area contributed by atoms with E-state index in [4.69, 9.17) is 13.8 Å². The second kappa shape index (κ2) is 7.40. The van der Waals surface area contributed by atoms with Crippen LogP contribution in [0, 0.1) is 0 Å². The van der Waals surface area contributed by atoms with Gasteiger partial charge in [0.2, 0.25) is 11.8 Å². The highest BCUT2D eigenvalue weighted by atomic mass is 16.3. The van der Waals surface area contributed by atoms with Gasteiger partial charge < -0.3 is 29.1 Å². The molecule has 6 heterocycles. The minimum Gasteiger partial charge on any atom is -0.444 e. The second-order valence-electron chi connectivity index (χ2n) is 6.75. The average molecular weight is 425 g/mol. The summed E-state index contributed by atoms with van der Waals surface area (Å²) in [6.07, 6.45) is 14.9. The van der Waals surface area contributed by atoms with E-state index in [1.54, 1.807) is 24.8 Å². The van der Waals surface area contributed by atoms with E-state index in [0.29, 0.717) is 34.7 Å². The van der Waals surface area contributed by atoms with Crippen molar-refractivity contribution in [1.29, 1.82) is 0 Å². The minimum absolute atomic E-state index is 0.474. The van der Waals surface area contributed by atoms with E-state index in [1.807, 2.05) is 24.5 Å². The third kappa shape index (κ3) is 3.04. The van der Waals surface area contributed by atoms with E-state index >= 15 is 0 Å². The fraction of sp³-hybridized carbons (Fsp3) is 0. The van der Waals surface area contributed by atoms with E-state index in [-0.39, 0.29) is 0 Å². The Hall–Kier alpha value is -4.93. The van der Waals surface area contributed by atoms with Gasteiger partial charge in [-0.15, -0.1) is 0 Å². The van der Waals surface area contributed by atoms with Gasteiger partial charge in [-0.2, -0.15) is 0 Å². The monoisotopic (exact) mass is 425 g/mol. The summed E-state index contributed by atoms with van der Waals surface area (Å²) >= 11 is 0. The van der Waals surface area contributed by atoms with Gasteiger partial charge in [-0.25, -0.2) is 24.9 Å². The number of hydrogen-bond acceptors (Lipinski definition) is 8. The van der Waals surface area contributed by atoms with Crippen LogP contribution in [0.1, 0.15) is 0 Å². The molecule has 32 heavy (non-hydrogen) atoms. The molecular weight excluding hydrogens is 410 g/mol. The smallest absolute Gasteiger partial charge is 0.229 e. The predicted octanol–water partition coefficient (Wildman–Crippen LogP) is 3.90. The molecule has 0 unspecified atom stereocenters. The summed E-state index contributed by atoms with van der Waals surface area (Å²) in [7, 11) is 0. The predicted molar refractivity (Wildman–Crippen MR) is 115 cm³/mol. The van der Waals surface area contributed by atoms with Crippen LogP contribution in [-0.4, -0.2) is 34.9 Å². The first kappa shape index (κ1) is 17.9. The number of nitrogens with one attached hydrogen (secondary N) is 4. The lowest BCUT2D eigenvalue weighted by Gasteiger charge is -2.04. The van der Waals surface area contributed by atoms with Crippen molar-refractivity contribution in [2.45, 2.75) is 0 Å². The number of oxazole rings is 2. The van der Waals surface area contributed by atoms with Crippen molar-refractivity contribution in [3.8, 4) is 22.9 Å². The molecule has 0 fully saturated rings. The standard InChI is InChI=1S/C21H15N9O2/c1-3-23-16(12(1)20-25-5-7-31-20)29-18-14-9-22-10-15(14)19(28-11-27-18)30-17-13(2-4-24-17)21-26-6-8-32-21/h1-11,22-24H,(H,27,28,29,30). The highest BCUT2D eigenvalue weighted by Crippen LogP contribution is 2.30. The largest absolute Gasteiger partial charge is 0.444 e. The van der Waals surface area contributed by atoms with Crippen molar-refractivity contribution < 1.29 is 8.83 Å². The van der Waals surface area contributed by atoms with Gasteiger partial charge in [0, 0.05) is 35.6 Å². The van der Waals surface area contributed by atoms with Crippen LogP contribution in [0.4, 0.5) is 17.5 Å². The molecule has 4 N–H and O–H groups in total. The second-order valence-corrected chi connectivity index (χ2v) is 6.75. The maximum Gasteiger partial charge on any atom is 0.229 e. The third-order valence-electron chi connectivity index (χ3n) is 4.87. The van der Waals surface area contributed by atoms with Gasteiger partial charge in [-0.1, -0.05) is 0 Å². The van der Waals surface area contributed by atoms with Gasteiger partial charge in [0.05, 0.1) is 23.5 Å². The van der Waals surface area contributed by atoms with Gasteiger partial charge >= 0.3 is 0 Å². The normalized spacial score (nSPS) is 11.9. The molecule has 0 bridgehead atoms. The van der Waals surface area contributed by atoms with E-state index in [9.17, 15) is 0 Å². The first-order chi connectivity index (χ1) is 15.9. The summed E-state index contributed by atoms with van der Waals surface area (Å²) in [6.45, 7) is 0. The van der Waals surface area contributed by atoms with Crippen LogP contribution in [0.2, 0.25) is 0 Å². The summed E-state index contributed by atoms with van der Waals surface area (Å²) in [5.41, 5.74) is 2.00. The Bertz CT molecular complexity index is 1560. The van der Waals surface area contributed by atoms with Crippen molar-refractivity contribution in [3.63, 3.8) is 0 Å². The quantitative estimate of drug-likeness (QED) is 0.327. The Balaban J connectivity index is 1.45. The lowest BCUT2D eigenvalue weighted by Crippen LogP contribution is -2.03. The molecule has 0 atom stereocenters. The number of fused-ring (bicyclic) bond motifs is 1. The Kier molecular flexibility index (Phi) is 4.13.